The van der Waals surface area contributed by atoms with Gasteiger partial charge in [-0.15, -0.1) is 0 Å². The fourth-order valence-electron chi connectivity index (χ4n) is 21.9. The Hall–Kier alpha value is -22.3. The van der Waals surface area contributed by atoms with Gasteiger partial charge in [-0.3, -0.25) is 0 Å². The minimum absolute atomic E-state index is 0.570. The lowest BCUT2D eigenvalue weighted by atomic mass is 10.1. The van der Waals surface area contributed by atoms with E-state index in [4.69, 9.17) is 39.4 Å². The average molecular weight is 1880 g/mol. The first-order chi connectivity index (χ1) is 73.0. The summed E-state index contributed by atoms with van der Waals surface area (Å²) in [6.45, 7) is 45.7. The molecule has 148 heavy (non-hydrogen) atoms. The molecule has 0 saturated carbocycles. The number of hydrogen-bond acceptors (Lipinski definition) is 4. The van der Waals surface area contributed by atoms with Crippen LogP contribution >= 0.6 is 0 Å². The zero-order valence-electron chi connectivity index (χ0n) is 78.5. The summed E-state index contributed by atoms with van der Waals surface area (Å²) in [6.07, 6.45) is 0. The second-order valence-corrected chi connectivity index (χ2v) is 36.0. The standard InChI is InChI=1S/3C33H17N5.C31H19N3/c1-35-22-12-15-31-26(18-22)27-19-23(13-16-32(27)38(31)33-10-6-4-8-28(33)36-2)37-29-9-5-3-7-24(29)25-17-21(20-34)11-14-30(25)37;1-35-22-6-5-7-24(17-22)37-32-14-11-23(36-2)18-28(32)29-19-25(12-15-33(29)37)38-30-9-4-3-8-26(30)27-16-21(20-34)10-13-31(27)38;1-36-23-9-14-32-28(17-23)29-18-25(12-15-33(29)37(32)24-10-6-21(19-34)7-11-24)38-30-5-3-2-4-26(30)27-16-22(20-35)8-13-31(27)38;1-32-24-14-5-9-18-28(24)34-27-17-8-4-13-23(27)31-29(19-10-20-30(31)34)33-25-15-6-2-11-21(25)22-12-3-7-16-26(22)33/h2*3-19H;2-18H;2-20H. The molecule has 0 aliphatic rings. The second kappa shape index (κ2) is 35.5. The molecule has 0 aliphatic carbocycles. The molecule has 18 nitrogen and oxygen atoms in total. The second-order valence-electron chi connectivity index (χ2n) is 36.0. The van der Waals surface area contributed by atoms with Crippen LogP contribution in [-0.4, -0.2) is 36.5 Å². The van der Waals surface area contributed by atoms with Crippen LogP contribution in [-0.2, 0) is 0 Å². The van der Waals surface area contributed by atoms with Crippen molar-refractivity contribution in [2.45, 2.75) is 0 Å². The molecule has 8 heterocycles. The number of rotatable bonds is 8. The van der Waals surface area contributed by atoms with E-state index in [-0.39, 0.29) is 0 Å². The lowest BCUT2D eigenvalue weighted by molar-refractivity contribution is 1.16. The minimum atomic E-state index is 0.570. The fraction of sp³-hybridized carbons (Fsp3) is 0. The monoisotopic (exact) mass is 1880 g/mol. The predicted octanol–water partition coefficient (Wildman–Crippen LogP) is 34.3. The number of nitrogens with zero attached hydrogens (tertiary/aromatic N) is 18. The van der Waals surface area contributed by atoms with Gasteiger partial charge in [0.25, 0.3) is 0 Å². The van der Waals surface area contributed by atoms with Gasteiger partial charge in [0.2, 0.25) is 11.4 Å². The highest BCUT2D eigenvalue weighted by atomic mass is 15.1. The van der Waals surface area contributed by atoms with Gasteiger partial charge >= 0.3 is 0 Å². The Morgan fingerprint density at radius 3 is 0.764 bits per heavy atom. The molecular weight excluding hydrogens is 1810 g/mol. The molecular formula is C130H70N18. The van der Waals surface area contributed by atoms with Crippen molar-refractivity contribution in [3.63, 3.8) is 0 Å². The quantitative estimate of drug-likeness (QED) is 0.139. The molecule has 0 fully saturated rings. The number of fused-ring (bicyclic) bond motifs is 24. The first kappa shape index (κ1) is 87.2. The van der Waals surface area contributed by atoms with Crippen molar-refractivity contribution in [2.24, 2.45) is 0 Å². The van der Waals surface area contributed by atoms with Crippen LogP contribution in [0.5, 0.6) is 0 Å². The molecule has 28 rings (SSSR count). The van der Waals surface area contributed by atoms with Crippen molar-refractivity contribution in [2.75, 3.05) is 0 Å². The molecule has 0 radical (unpaired) electrons. The predicted molar refractivity (Wildman–Crippen MR) is 597 cm³/mol. The number of aromatic nitrogens is 8. The summed E-state index contributed by atoms with van der Waals surface area (Å²) in [7, 11) is 0. The van der Waals surface area contributed by atoms with E-state index >= 15 is 0 Å². The van der Waals surface area contributed by atoms with E-state index in [2.05, 4.69) is 272 Å². The van der Waals surface area contributed by atoms with Gasteiger partial charge in [0.1, 0.15) is 0 Å². The van der Waals surface area contributed by atoms with E-state index in [1.807, 2.05) is 237 Å². The highest BCUT2D eigenvalue weighted by molar-refractivity contribution is 6.20. The van der Waals surface area contributed by atoms with Gasteiger partial charge in [-0.2, -0.15) is 21.0 Å². The summed E-state index contributed by atoms with van der Waals surface area (Å²) in [5.41, 5.74) is 30.5. The van der Waals surface area contributed by atoms with E-state index in [0.717, 1.165) is 187 Å². The van der Waals surface area contributed by atoms with Crippen LogP contribution in [0.3, 0.4) is 0 Å². The third-order valence-electron chi connectivity index (χ3n) is 28.2. The van der Waals surface area contributed by atoms with Gasteiger partial charge in [0, 0.05) is 98.5 Å². The SMILES string of the molecule is [C-]#[N+]c1ccc2c(c1)c1cc(-n3c4ccccc4c4cc(C#N)ccc43)ccc1n2-c1ccc(C#N)cc1.[C-]#[N+]c1ccc2c(c1)c1cc(-n3c4ccccc4c4cc(C#N)ccc43)ccc1n2-c1ccccc1[N+]#[C-].[C-]#[N+]c1cccc(-n2c3ccc([N+]#[C-])cc3c3cc(-n4c5ccccc5c5cc(C#N)ccc54)ccc32)c1.[C-]#[N+]c1ccccc1-n1c2ccccc2c2c(-n3c4ccccc4c4ccccc43)cccc21. The Labute approximate surface area is 845 Å². The molecule has 28 aromatic rings. The molecule has 0 atom stereocenters. The van der Waals surface area contributed by atoms with Crippen molar-refractivity contribution in [1.82, 2.24) is 36.5 Å². The number of benzene rings is 20. The Balaban J connectivity index is 0.000000103. The first-order valence-corrected chi connectivity index (χ1v) is 47.6. The summed E-state index contributed by atoms with van der Waals surface area (Å²) < 4.78 is 17.7. The van der Waals surface area contributed by atoms with E-state index in [1.165, 1.54) is 32.6 Å². The number of nitriles is 4. The highest BCUT2D eigenvalue weighted by Gasteiger charge is 2.26. The molecule has 0 amide bonds. The molecule has 0 aliphatic heterocycles. The summed E-state index contributed by atoms with van der Waals surface area (Å²) in [5.74, 6) is 0. The normalized spacial score (nSPS) is 11.2. The van der Waals surface area contributed by atoms with Crippen molar-refractivity contribution in [1.29, 1.82) is 21.0 Å². The van der Waals surface area contributed by atoms with Crippen molar-refractivity contribution < 1.29 is 0 Å². The summed E-state index contributed by atoms with van der Waals surface area (Å²) in [4.78, 5) is 22.2. The lowest BCUT2D eigenvalue weighted by Gasteiger charge is -2.12. The molecule has 0 N–H and O–H groups in total. The van der Waals surface area contributed by atoms with Crippen molar-refractivity contribution >= 4 is 209 Å². The van der Waals surface area contributed by atoms with Crippen LogP contribution in [0.4, 0.5) is 34.1 Å². The molecule has 0 bridgehead atoms. The Bertz CT molecular complexity index is 11000. The largest absolute Gasteiger partial charge is 0.319 e. The molecule has 0 saturated heterocycles. The Morgan fingerprint density at radius 2 is 0.392 bits per heavy atom. The maximum Gasteiger partial charge on any atom is 0.210 e. The van der Waals surface area contributed by atoms with Gasteiger partial charge in [-0.05, 0) is 259 Å². The van der Waals surface area contributed by atoms with Gasteiger partial charge < -0.3 is 36.5 Å². The summed E-state index contributed by atoms with van der Waals surface area (Å²) in [6, 6.07) is 150. The van der Waals surface area contributed by atoms with E-state index in [0.29, 0.717) is 56.4 Å². The summed E-state index contributed by atoms with van der Waals surface area (Å²) in [5, 5.41) is 54.9. The lowest BCUT2D eigenvalue weighted by Crippen LogP contribution is -1.96. The Kier molecular flexibility index (Phi) is 20.9. The van der Waals surface area contributed by atoms with Gasteiger partial charge in [-0.1, -0.05) is 182 Å². The van der Waals surface area contributed by atoms with Crippen molar-refractivity contribution in [3.05, 3.63) is 515 Å². The van der Waals surface area contributed by atoms with E-state index in [9.17, 15) is 21.0 Å². The third kappa shape index (κ3) is 14.0. The topological polar surface area (TPSA) is 161 Å². The van der Waals surface area contributed by atoms with Gasteiger partial charge in [0.15, 0.2) is 22.7 Å². The van der Waals surface area contributed by atoms with Gasteiger partial charge in [-0.25, -0.2) is 29.1 Å². The average Bonchev–Trinajstić information content (AvgIpc) is 1.59. The molecule has 8 aromatic heterocycles. The third-order valence-corrected chi connectivity index (χ3v) is 28.2. The highest BCUT2D eigenvalue weighted by Crippen LogP contribution is 2.48. The Morgan fingerprint density at radius 1 is 0.155 bits per heavy atom. The zero-order chi connectivity index (χ0) is 100. The molecule has 20 aromatic carbocycles. The molecule has 680 valence electrons. The van der Waals surface area contributed by atoms with Crippen LogP contribution < -0.4 is 0 Å². The molecule has 0 spiro atoms. The van der Waals surface area contributed by atoms with E-state index in [1.54, 1.807) is 6.07 Å². The minimum Gasteiger partial charge on any atom is -0.319 e. The molecule has 0 unspecified atom stereocenters. The van der Waals surface area contributed by atoms with Crippen LogP contribution in [0.15, 0.2) is 425 Å². The van der Waals surface area contributed by atoms with Crippen LogP contribution in [0.25, 0.3) is 249 Å². The zero-order valence-corrected chi connectivity index (χ0v) is 78.5. The maximum atomic E-state index is 9.49. The smallest absolute Gasteiger partial charge is 0.210 e. The van der Waals surface area contributed by atoms with Crippen LogP contribution in [0, 0.1) is 84.8 Å². The maximum absolute atomic E-state index is 9.49. The number of para-hydroxylation sites is 10. The van der Waals surface area contributed by atoms with Crippen molar-refractivity contribution in [3.8, 4) is 69.8 Å². The van der Waals surface area contributed by atoms with Crippen LogP contribution in [0.2, 0.25) is 0 Å². The van der Waals surface area contributed by atoms with Crippen LogP contribution in [0.1, 0.15) is 22.3 Å². The fourth-order valence-corrected chi connectivity index (χ4v) is 21.9. The number of hydrogen-bond donors (Lipinski definition) is 0. The first-order valence-electron chi connectivity index (χ1n) is 47.6. The van der Waals surface area contributed by atoms with E-state index < -0.39 is 0 Å². The summed E-state index contributed by atoms with van der Waals surface area (Å²) >= 11 is 0. The molecule has 18 heteroatoms. The van der Waals surface area contributed by atoms with Gasteiger partial charge in [0.05, 0.1) is 191 Å².